The number of aryl methyl sites for hydroxylation is 1. The summed E-state index contributed by atoms with van der Waals surface area (Å²) in [5, 5.41) is 32.7. The average Bonchev–Trinajstić information content (AvgIpc) is 2.84. The summed E-state index contributed by atoms with van der Waals surface area (Å²) in [4.78, 5) is 16.9. The number of likely N-dealkylation sites (tertiary alicyclic amines) is 1. The Labute approximate surface area is 146 Å². The molecule has 1 fully saturated rings. The maximum absolute atomic E-state index is 12.8. The van der Waals surface area contributed by atoms with Crippen LogP contribution < -0.4 is 5.32 Å². The van der Waals surface area contributed by atoms with Crippen molar-refractivity contribution in [2.75, 3.05) is 19.7 Å². The van der Waals surface area contributed by atoms with Gasteiger partial charge in [-0.2, -0.15) is 4.39 Å². The monoisotopic (exact) mass is 355 g/mol. The van der Waals surface area contributed by atoms with Crippen LogP contribution in [0.3, 0.4) is 0 Å². The molecule has 1 aromatic heterocycles. The second kappa shape index (κ2) is 9.19. The molecule has 0 aromatic carbocycles. The molecule has 8 heteroatoms. The molecule has 0 spiro atoms. The van der Waals surface area contributed by atoms with Crippen LogP contribution in [0.4, 0.5) is 4.39 Å². The number of pyridine rings is 1. The number of halogens is 1. The van der Waals surface area contributed by atoms with E-state index >= 15 is 0 Å². The topological polar surface area (TPSA) is 106 Å². The minimum atomic E-state index is -1.07. The highest BCUT2D eigenvalue weighted by Gasteiger charge is 2.46. The van der Waals surface area contributed by atoms with E-state index in [1.165, 1.54) is 12.3 Å². The Morgan fingerprint density at radius 3 is 2.64 bits per heavy atom. The standard InChI is InChI=1S/C17H26FN3O4/c1-2-15(23)20-9-12-16(24)17(25)13(10-22)21(12)7-3-4-11-5-6-14(18)19-8-11/h5-6,8,12-13,16-17,22,24-25H,2-4,7,9-10H2,1H3,(H,20,23). The van der Waals surface area contributed by atoms with Crippen molar-refractivity contribution >= 4 is 5.91 Å². The molecule has 2 rings (SSSR count). The zero-order chi connectivity index (χ0) is 18.4. The molecule has 4 unspecified atom stereocenters. The number of aliphatic hydroxyl groups is 3. The lowest BCUT2D eigenvalue weighted by molar-refractivity contribution is -0.121. The molecule has 1 saturated heterocycles. The molecule has 1 aliphatic rings. The van der Waals surface area contributed by atoms with E-state index in [-0.39, 0.29) is 19.1 Å². The van der Waals surface area contributed by atoms with Crippen LogP contribution in [0.1, 0.15) is 25.3 Å². The largest absolute Gasteiger partial charge is 0.395 e. The SMILES string of the molecule is CCC(=O)NCC1C(O)C(O)C(CO)N1CCCc1ccc(F)nc1. The van der Waals surface area contributed by atoms with Gasteiger partial charge >= 0.3 is 0 Å². The van der Waals surface area contributed by atoms with E-state index < -0.39 is 30.2 Å². The summed E-state index contributed by atoms with van der Waals surface area (Å²) in [6, 6.07) is 1.93. The fourth-order valence-corrected chi connectivity index (χ4v) is 3.24. The quantitative estimate of drug-likeness (QED) is 0.466. The van der Waals surface area contributed by atoms with Crippen LogP contribution in [0.2, 0.25) is 0 Å². The van der Waals surface area contributed by atoms with Crippen LogP contribution >= 0.6 is 0 Å². The molecule has 140 valence electrons. The second-order valence-electron chi connectivity index (χ2n) is 6.29. The number of amides is 1. The number of nitrogens with zero attached hydrogens (tertiary/aromatic N) is 2. The maximum Gasteiger partial charge on any atom is 0.219 e. The third-order valence-corrected chi connectivity index (χ3v) is 4.68. The Bertz CT molecular complexity index is 557. The lowest BCUT2D eigenvalue weighted by Gasteiger charge is -2.29. The molecule has 1 aliphatic heterocycles. The molecule has 0 saturated carbocycles. The van der Waals surface area contributed by atoms with Gasteiger partial charge in [-0.15, -0.1) is 0 Å². The first kappa shape index (κ1) is 19.7. The number of aromatic nitrogens is 1. The van der Waals surface area contributed by atoms with Crippen molar-refractivity contribution in [3.05, 3.63) is 29.8 Å². The predicted molar refractivity (Wildman–Crippen MR) is 89.2 cm³/mol. The molecule has 2 heterocycles. The van der Waals surface area contributed by atoms with Crippen LogP contribution in [0.5, 0.6) is 0 Å². The number of hydrogen-bond acceptors (Lipinski definition) is 6. The van der Waals surface area contributed by atoms with Crippen LogP contribution in [0.15, 0.2) is 18.3 Å². The van der Waals surface area contributed by atoms with E-state index in [2.05, 4.69) is 10.3 Å². The lowest BCUT2D eigenvalue weighted by atomic mass is 10.1. The van der Waals surface area contributed by atoms with E-state index in [4.69, 9.17) is 0 Å². The van der Waals surface area contributed by atoms with Crippen LogP contribution in [0.25, 0.3) is 0 Å². The van der Waals surface area contributed by atoms with Crippen LogP contribution in [-0.2, 0) is 11.2 Å². The summed E-state index contributed by atoms with van der Waals surface area (Å²) in [6.07, 6.45) is 1.05. The molecule has 0 aliphatic carbocycles. The maximum atomic E-state index is 12.8. The number of rotatable bonds is 8. The zero-order valence-corrected chi connectivity index (χ0v) is 14.3. The van der Waals surface area contributed by atoms with Gasteiger partial charge in [0.1, 0.15) is 0 Å². The Kier molecular flexibility index (Phi) is 7.24. The third kappa shape index (κ3) is 4.94. The average molecular weight is 355 g/mol. The van der Waals surface area contributed by atoms with Gasteiger partial charge in [-0.25, -0.2) is 4.98 Å². The summed E-state index contributed by atoms with van der Waals surface area (Å²) >= 11 is 0. The van der Waals surface area contributed by atoms with E-state index in [1.807, 2.05) is 4.90 Å². The molecule has 1 amide bonds. The first-order valence-corrected chi connectivity index (χ1v) is 8.57. The molecule has 4 N–H and O–H groups in total. The minimum absolute atomic E-state index is 0.133. The highest BCUT2D eigenvalue weighted by molar-refractivity contribution is 5.75. The van der Waals surface area contributed by atoms with Gasteiger partial charge in [0.05, 0.1) is 30.9 Å². The Balaban J connectivity index is 1.96. The van der Waals surface area contributed by atoms with Gasteiger partial charge in [-0.3, -0.25) is 9.69 Å². The summed E-state index contributed by atoms with van der Waals surface area (Å²) in [5.74, 6) is -0.659. The highest BCUT2D eigenvalue weighted by Crippen LogP contribution is 2.25. The van der Waals surface area contributed by atoms with Crippen molar-refractivity contribution in [1.29, 1.82) is 0 Å². The van der Waals surface area contributed by atoms with Gasteiger partial charge in [0.15, 0.2) is 0 Å². The Morgan fingerprint density at radius 2 is 2.04 bits per heavy atom. The van der Waals surface area contributed by atoms with E-state index in [0.717, 1.165) is 5.56 Å². The third-order valence-electron chi connectivity index (χ3n) is 4.68. The highest BCUT2D eigenvalue weighted by atomic mass is 19.1. The lowest BCUT2D eigenvalue weighted by Crippen LogP contribution is -2.47. The van der Waals surface area contributed by atoms with Crippen LogP contribution in [0, 0.1) is 5.95 Å². The second-order valence-corrected chi connectivity index (χ2v) is 6.29. The summed E-state index contributed by atoms with van der Waals surface area (Å²) < 4.78 is 12.8. The minimum Gasteiger partial charge on any atom is -0.395 e. The predicted octanol–water partition coefficient (Wildman–Crippen LogP) is -0.554. The first-order valence-electron chi connectivity index (χ1n) is 8.57. The zero-order valence-electron chi connectivity index (χ0n) is 14.3. The van der Waals surface area contributed by atoms with Gasteiger partial charge in [0.25, 0.3) is 0 Å². The first-order chi connectivity index (χ1) is 12.0. The molecule has 4 atom stereocenters. The van der Waals surface area contributed by atoms with Crippen molar-refractivity contribution in [3.8, 4) is 0 Å². The Morgan fingerprint density at radius 1 is 1.32 bits per heavy atom. The van der Waals surface area contributed by atoms with Crippen molar-refractivity contribution in [2.24, 2.45) is 0 Å². The summed E-state index contributed by atoms with van der Waals surface area (Å²) in [6.45, 7) is 2.18. The fraction of sp³-hybridized carbons (Fsp3) is 0.647. The van der Waals surface area contributed by atoms with Gasteiger partial charge < -0.3 is 20.6 Å². The molecule has 0 radical (unpaired) electrons. The fourth-order valence-electron chi connectivity index (χ4n) is 3.24. The number of carbonyl (C=O) groups excluding carboxylic acids is 1. The number of aliphatic hydroxyl groups excluding tert-OH is 3. The van der Waals surface area contributed by atoms with E-state index in [9.17, 15) is 24.5 Å². The smallest absolute Gasteiger partial charge is 0.219 e. The number of carbonyl (C=O) groups is 1. The van der Waals surface area contributed by atoms with Crippen LogP contribution in [-0.4, -0.2) is 75.1 Å². The molecule has 1 aromatic rings. The van der Waals surface area contributed by atoms with Crippen molar-refractivity contribution in [3.63, 3.8) is 0 Å². The van der Waals surface area contributed by atoms with E-state index in [0.29, 0.717) is 25.8 Å². The molecular formula is C17H26FN3O4. The Hall–Kier alpha value is -1.61. The molecular weight excluding hydrogens is 329 g/mol. The molecule has 0 bridgehead atoms. The van der Waals surface area contributed by atoms with Crippen molar-refractivity contribution in [1.82, 2.24) is 15.2 Å². The molecule has 25 heavy (non-hydrogen) atoms. The van der Waals surface area contributed by atoms with E-state index in [1.54, 1.807) is 13.0 Å². The van der Waals surface area contributed by atoms with Gasteiger partial charge in [0.2, 0.25) is 11.9 Å². The number of hydrogen-bond donors (Lipinski definition) is 4. The van der Waals surface area contributed by atoms with Crippen molar-refractivity contribution in [2.45, 2.75) is 50.5 Å². The molecule has 7 nitrogen and oxygen atoms in total. The van der Waals surface area contributed by atoms with Crippen molar-refractivity contribution < 1.29 is 24.5 Å². The van der Waals surface area contributed by atoms with Gasteiger partial charge in [-0.1, -0.05) is 13.0 Å². The van der Waals surface area contributed by atoms with Gasteiger partial charge in [-0.05, 0) is 31.0 Å². The number of nitrogens with one attached hydrogen (secondary N) is 1. The summed E-state index contributed by atoms with van der Waals surface area (Å²) in [7, 11) is 0. The summed E-state index contributed by atoms with van der Waals surface area (Å²) in [5.41, 5.74) is 0.887. The normalized spacial score (nSPS) is 26.8. The van der Waals surface area contributed by atoms with Gasteiger partial charge in [0, 0.05) is 19.2 Å².